The van der Waals surface area contributed by atoms with Crippen LogP contribution in [0.25, 0.3) is 27.9 Å². The number of hydrogen-bond donors (Lipinski definition) is 2. The Morgan fingerprint density at radius 1 is 1.17 bits per heavy atom. The van der Waals surface area contributed by atoms with Crippen molar-refractivity contribution in [2.45, 2.75) is 33.2 Å². The van der Waals surface area contributed by atoms with Gasteiger partial charge in [0.15, 0.2) is 5.69 Å². The molecule has 5 rings (SSSR count). The average Bonchev–Trinajstić information content (AvgIpc) is 3.46. The van der Waals surface area contributed by atoms with Gasteiger partial charge in [-0.25, -0.2) is 19.7 Å². The summed E-state index contributed by atoms with van der Waals surface area (Å²) in [5, 5.41) is 18.4. The van der Waals surface area contributed by atoms with Gasteiger partial charge in [0.2, 0.25) is 0 Å². The van der Waals surface area contributed by atoms with Gasteiger partial charge in [0.05, 0.1) is 17.2 Å². The first kappa shape index (κ1) is 22.8. The van der Waals surface area contributed by atoms with Crippen LogP contribution >= 0.6 is 11.6 Å². The second-order valence-corrected chi connectivity index (χ2v) is 8.91. The molecule has 0 spiro atoms. The van der Waals surface area contributed by atoms with E-state index in [1.54, 1.807) is 16.8 Å². The van der Waals surface area contributed by atoms with Crippen molar-refractivity contribution in [2.24, 2.45) is 7.05 Å². The molecule has 0 fully saturated rings. The number of aromatic nitrogens is 6. The lowest BCUT2D eigenvalue weighted by molar-refractivity contribution is 0.0691. The van der Waals surface area contributed by atoms with E-state index in [1.165, 1.54) is 0 Å². The van der Waals surface area contributed by atoms with E-state index in [1.807, 2.05) is 43.8 Å². The molecule has 178 valence electrons. The van der Waals surface area contributed by atoms with Crippen LogP contribution in [0.15, 0.2) is 42.7 Å². The van der Waals surface area contributed by atoms with Gasteiger partial charge in [0.1, 0.15) is 28.0 Å². The van der Waals surface area contributed by atoms with Gasteiger partial charge < -0.3 is 10.4 Å². The molecule has 4 heterocycles. The quantitative estimate of drug-likeness (QED) is 0.320. The van der Waals surface area contributed by atoms with E-state index < -0.39 is 5.97 Å². The molecule has 0 aliphatic rings. The largest absolute Gasteiger partial charge is 0.476 e. The zero-order valence-electron chi connectivity index (χ0n) is 19.7. The van der Waals surface area contributed by atoms with E-state index in [2.05, 4.69) is 34.5 Å². The standard InChI is InChI=1S/C25H24ClN7O2/c1-5-21-30-22-15(14(3)27-18-6-7-20(26)29-23(18)25(34)35)10-13(2)11-16(22)24-28-19(12-33(21)24)17-8-9-32(4)31-17/h6-12,14,27H,5H2,1-4H3,(H,34,35)/t14-/m1/s1. The molecule has 35 heavy (non-hydrogen) atoms. The van der Waals surface area contributed by atoms with Crippen molar-refractivity contribution >= 4 is 39.8 Å². The summed E-state index contributed by atoms with van der Waals surface area (Å²) >= 11 is 5.92. The van der Waals surface area contributed by atoms with Crippen molar-refractivity contribution in [3.05, 3.63) is 70.5 Å². The molecule has 0 aliphatic carbocycles. The number of fused-ring (bicyclic) bond motifs is 3. The van der Waals surface area contributed by atoms with E-state index in [0.29, 0.717) is 12.1 Å². The molecule has 9 nitrogen and oxygen atoms in total. The summed E-state index contributed by atoms with van der Waals surface area (Å²) in [7, 11) is 1.88. The third-order valence-corrected chi connectivity index (χ3v) is 6.15. The highest BCUT2D eigenvalue weighted by molar-refractivity contribution is 6.29. The highest BCUT2D eigenvalue weighted by atomic mass is 35.5. The highest BCUT2D eigenvalue weighted by Gasteiger charge is 2.20. The number of nitrogens with one attached hydrogen (secondary N) is 1. The van der Waals surface area contributed by atoms with Crippen molar-refractivity contribution in [2.75, 3.05) is 5.32 Å². The number of nitrogens with zero attached hydrogens (tertiary/aromatic N) is 6. The van der Waals surface area contributed by atoms with Crippen molar-refractivity contribution in [3.63, 3.8) is 0 Å². The lowest BCUT2D eigenvalue weighted by Gasteiger charge is -2.20. The predicted octanol–water partition coefficient (Wildman–Crippen LogP) is 5.07. The lowest BCUT2D eigenvalue weighted by Crippen LogP contribution is -2.13. The fourth-order valence-corrected chi connectivity index (χ4v) is 4.48. The summed E-state index contributed by atoms with van der Waals surface area (Å²) in [6.45, 7) is 6.05. The smallest absolute Gasteiger partial charge is 0.356 e. The zero-order chi connectivity index (χ0) is 24.9. The lowest BCUT2D eigenvalue weighted by atomic mass is 10.0. The molecular formula is C25H24ClN7O2. The van der Waals surface area contributed by atoms with Gasteiger partial charge >= 0.3 is 5.97 Å². The molecule has 1 aromatic carbocycles. The van der Waals surface area contributed by atoms with Crippen LogP contribution in [-0.4, -0.2) is 40.2 Å². The monoisotopic (exact) mass is 489 g/mol. The first-order chi connectivity index (χ1) is 16.7. The van der Waals surface area contributed by atoms with Gasteiger partial charge in [0.25, 0.3) is 0 Å². The molecule has 0 amide bonds. The zero-order valence-corrected chi connectivity index (χ0v) is 20.5. The third kappa shape index (κ3) is 4.08. The van der Waals surface area contributed by atoms with Gasteiger partial charge in [-0.2, -0.15) is 5.10 Å². The van der Waals surface area contributed by atoms with Gasteiger partial charge in [-0.3, -0.25) is 9.08 Å². The number of carbonyl (C=O) groups is 1. The second-order valence-electron chi connectivity index (χ2n) is 8.53. The van der Waals surface area contributed by atoms with Crippen LogP contribution in [0.2, 0.25) is 5.15 Å². The number of rotatable bonds is 6. The first-order valence-electron chi connectivity index (χ1n) is 11.2. The normalized spacial score (nSPS) is 12.4. The predicted molar refractivity (Wildman–Crippen MR) is 135 cm³/mol. The molecule has 5 aromatic rings. The molecule has 0 bridgehead atoms. The molecule has 4 aromatic heterocycles. The van der Waals surface area contributed by atoms with Gasteiger partial charge in [0, 0.05) is 36.8 Å². The number of carboxylic acid groups (broad SMARTS) is 1. The van der Waals surface area contributed by atoms with Gasteiger partial charge in [-0.05, 0) is 43.7 Å². The summed E-state index contributed by atoms with van der Waals surface area (Å²) in [6, 6.07) is 9.02. The highest BCUT2D eigenvalue weighted by Crippen LogP contribution is 2.32. The van der Waals surface area contributed by atoms with Crippen LogP contribution < -0.4 is 5.32 Å². The number of anilines is 1. The Balaban J connectivity index is 1.67. The Morgan fingerprint density at radius 2 is 1.97 bits per heavy atom. The molecule has 10 heteroatoms. The van der Waals surface area contributed by atoms with Crippen LogP contribution in [0.4, 0.5) is 5.69 Å². The fourth-order valence-electron chi connectivity index (χ4n) is 4.33. The summed E-state index contributed by atoms with van der Waals surface area (Å²) in [6.07, 6.45) is 4.58. The SMILES string of the molecule is CCc1nc2c([C@@H](C)Nc3ccc(Cl)nc3C(=O)O)cc(C)cc2c2nc(-c3ccn(C)n3)cn12. The Bertz CT molecular complexity index is 1610. The van der Waals surface area contributed by atoms with E-state index in [9.17, 15) is 9.90 Å². The summed E-state index contributed by atoms with van der Waals surface area (Å²) in [5.41, 5.74) is 5.45. The average molecular weight is 490 g/mol. The number of carboxylic acids is 1. The van der Waals surface area contributed by atoms with E-state index in [-0.39, 0.29) is 16.9 Å². The number of imidazole rings is 1. The van der Waals surface area contributed by atoms with E-state index >= 15 is 0 Å². The molecule has 0 saturated carbocycles. The Labute approximate surface area is 206 Å². The number of aromatic carboxylic acids is 1. The van der Waals surface area contributed by atoms with Crippen molar-refractivity contribution in [1.82, 2.24) is 29.1 Å². The molecule has 2 N–H and O–H groups in total. The van der Waals surface area contributed by atoms with E-state index in [0.717, 1.165) is 44.9 Å². The first-order valence-corrected chi connectivity index (χ1v) is 11.6. The minimum atomic E-state index is -1.15. The molecule has 0 saturated heterocycles. The maximum atomic E-state index is 11.7. The maximum absolute atomic E-state index is 11.7. The summed E-state index contributed by atoms with van der Waals surface area (Å²) < 4.78 is 3.78. The number of halogens is 1. The van der Waals surface area contributed by atoms with Gasteiger partial charge in [-0.1, -0.05) is 24.6 Å². The van der Waals surface area contributed by atoms with Crippen LogP contribution in [0, 0.1) is 6.92 Å². The molecule has 0 unspecified atom stereocenters. The van der Waals surface area contributed by atoms with Crippen LogP contribution in [0.3, 0.4) is 0 Å². The van der Waals surface area contributed by atoms with Crippen LogP contribution in [-0.2, 0) is 13.5 Å². The maximum Gasteiger partial charge on any atom is 0.356 e. The van der Waals surface area contributed by atoms with Crippen molar-refractivity contribution in [1.29, 1.82) is 0 Å². The topological polar surface area (TPSA) is 110 Å². The number of benzene rings is 1. The molecular weight excluding hydrogens is 466 g/mol. The van der Waals surface area contributed by atoms with Crippen molar-refractivity contribution in [3.8, 4) is 11.4 Å². The Morgan fingerprint density at radius 3 is 2.66 bits per heavy atom. The van der Waals surface area contributed by atoms with Gasteiger partial charge in [-0.15, -0.1) is 0 Å². The van der Waals surface area contributed by atoms with E-state index in [4.69, 9.17) is 21.6 Å². The summed E-state index contributed by atoms with van der Waals surface area (Å²) in [4.78, 5) is 25.6. The second kappa shape index (κ2) is 8.66. The number of pyridine rings is 1. The molecule has 0 aliphatic heterocycles. The summed E-state index contributed by atoms with van der Waals surface area (Å²) in [5.74, 6) is -0.275. The fraction of sp³-hybridized carbons (Fsp3) is 0.240. The minimum Gasteiger partial charge on any atom is -0.476 e. The number of aryl methyl sites for hydroxylation is 3. The minimum absolute atomic E-state index is 0.126. The number of hydrogen-bond acceptors (Lipinski definition) is 6. The van der Waals surface area contributed by atoms with Crippen LogP contribution in [0.5, 0.6) is 0 Å². The molecule has 1 atom stereocenters. The Kier molecular flexibility index (Phi) is 5.64. The Hall–Kier alpha value is -3.98. The molecule has 0 radical (unpaired) electrons. The van der Waals surface area contributed by atoms with Crippen molar-refractivity contribution < 1.29 is 9.90 Å². The van der Waals surface area contributed by atoms with Crippen LogP contribution in [0.1, 0.15) is 47.3 Å². The third-order valence-electron chi connectivity index (χ3n) is 5.94.